The molecule has 1 N–H and O–H groups in total. The first-order chi connectivity index (χ1) is 9.19. The number of rotatable bonds is 9. The van der Waals surface area contributed by atoms with Crippen LogP contribution in [0.1, 0.15) is 16.8 Å². The second-order valence-electron chi connectivity index (χ2n) is 3.90. The minimum Gasteiger partial charge on any atom is -0.478 e. The Hall–Kier alpha value is -1.73. The largest absolute Gasteiger partial charge is 0.478 e. The molecule has 0 radical (unpaired) electrons. The fraction of sp³-hybridized carbons (Fsp3) is 0.583. The van der Waals surface area contributed by atoms with Gasteiger partial charge in [-0.05, 0) is 6.42 Å². The van der Waals surface area contributed by atoms with E-state index in [4.69, 9.17) is 14.6 Å². The highest BCUT2D eigenvalue weighted by Gasteiger charge is 2.11. The molecule has 1 aromatic heterocycles. The molecule has 0 aromatic carbocycles. The highest BCUT2D eigenvalue weighted by Crippen LogP contribution is 2.08. The number of aromatic carboxylic acids is 1. The van der Waals surface area contributed by atoms with Crippen molar-refractivity contribution < 1.29 is 19.4 Å². The number of ether oxygens (including phenoxy) is 2. The Morgan fingerprint density at radius 2 is 1.84 bits per heavy atom. The molecule has 0 unspecified atom stereocenters. The molecular formula is C12H19N3O4. The van der Waals surface area contributed by atoms with Gasteiger partial charge in [-0.15, -0.1) is 0 Å². The molecule has 1 aromatic rings. The number of carbonyl (C=O) groups is 1. The molecule has 0 aliphatic rings. The zero-order valence-corrected chi connectivity index (χ0v) is 11.2. The zero-order chi connectivity index (χ0) is 14.1. The minimum atomic E-state index is -1.03. The number of hydrogen-bond acceptors (Lipinski definition) is 6. The molecule has 7 heteroatoms. The first-order valence-electron chi connectivity index (χ1n) is 5.97. The number of methoxy groups -OCH3 is 2. The topological polar surface area (TPSA) is 84.8 Å². The lowest BCUT2D eigenvalue weighted by atomic mass is 10.3. The van der Waals surface area contributed by atoms with Crippen LogP contribution in [0.3, 0.4) is 0 Å². The van der Waals surface area contributed by atoms with Crippen molar-refractivity contribution in [3.63, 3.8) is 0 Å². The van der Waals surface area contributed by atoms with Gasteiger partial charge in [0.2, 0.25) is 5.95 Å². The normalized spacial score (nSPS) is 10.4. The van der Waals surface area contributed by atoms with Gasteiger partial charge in [0.05, 0.1) is 12.2 Å². The van der Waals surface area contributed by atoms with E-state index in [2.05, 4.69) is 9.97 Å². The van der Waals surface area contributed by atoms with Crippen LogP contribution in [0.25, 0.3) is 0 Å². The van der Waals surface area contributed by atoms with Crippen molar-refractivity contribution in [1.29, 1.82) is 0 Å². The lowest BCUT2D eigenvalue weighted by molar-refractivity contribution is 0.0696. The molecule has 106 valence electrons. The molecule has 0 spiro atoms. The maximum absolute atomic E-state index is 10.7. The predicted molar refractivity (Wildman–Crippen MR) is 69.6 cm³/mol. The fourth-order valence-electron chi connectivity index (χ4n) is 1.51. The Morgan fingerprint density at radius 1 is 1.21 bits per heavy atom. The van der Waals surface area contributed by atoms with E-state index in [1.807, 2.05) is 4.90 Å². The Balaban J connectivity index is 2.68. The van der Waals surface area contributed by atoms with Gasteiger partial charge in [-0.25, -0.2) is 14.8 Å². The van der Waals surface area contributed by atoms with Crippen LogP contribution in [0.15, 0.2) is 12.4 Å². The van der Waals surface area contributed by atoms with Crippen molar-refractivity contribution in [3.8, 4) is 0 Å². The van der Waals surface area contributed by atoms with E-state index in [0.29, 0.717) is 25.7 Å². The zero-order valence-electron chi connectivity index (χ0n) is 11.2. The molecule has 0 bridgehead atoms. The van der Waals surface area contributed by atoms with Crippen molar-refractivity contribution in [2.75, 3.05) is 45.4 Å². The molecule has 7 nitrogen and oxygen atoms in total. The van der Waals surface area contributed by atoms with Crippen LogP contribution in [0.2, 0.25) is 0 Å². The summed E-state index contributed by atoms with van der Waals surface area (Å²) in [4.78, 5) is 20.8. The monoisotopic (exact) mass is 269 g/mol. The number of hydrogen-bond donors (Lipinski definition) is 1. The Morgan fingerprint density at radius 3 is 2.37 bits per heavy atom. The molecule has 0 aliphatic carbocycles. The van der Waals surface area contributed by atoms with E-state index in [1.165, 1.54) is 12.4 Å². The summed E-state index contributed by atoms with van der Waals surface area (Å²) in [6, 6.07) is 0. The number of anilines is 1. The van der Waals surface area contributed by atoms with Crippen LogP contribution >= 0.6 is 0 Å². The first kappa shape index (κ1) is 15.3. The third-order valence-corrected chi connectivity index (χ3v) is 2.51. The molecule has 0 atom stereocenters. The second-order valence-corrected chi connectivity index (χ2v) is 3.90. The summed E-state index contributed by atoms with van der Waals surface area (Å²) < 4.78 is 10.0. The van der Waals surface area contributed by atoms with E-state index < -0.39 is 5.97 Å². The smallest absolute Gasteiger partial charge is 0.338 e. The van der Waals surface area contributed by atoms with Gasteiger partial charge in [0.15, 0.2) is 0 Å². The summed E-state index contributed by atoms with van der Waals surface area (Å²) in [6.07, 6.45) is 3.45. The lowest BCUT2D eigenvalue weighted by Crippen LogP contribution is -2.30. The van der Waals surface area contributed by atoms with Gasteiger partial charge in [-0.1, -0.05) is 0 Å². The fourth-order valence-corrected chi connectivity index (χ4v) is 1.51. The SMILES string of the molecule is COCCCN(CCOC)c1ncc(C(=O)O)cn1. The Bertz CT molecular complexity index is 383. The van der Waals surface area contributed by atoms with Crippen LogP contribution in [-0.4, -0.2) is 61.6 Å². The maximum Gasteiger partial charge on any atom is 0.338 e. The van der Waals surface area contributed by atoms with Gasteiger partial charge in [-0.3, -0.25) is 0 Å². The second kappa shape index (κ2) is 8.39. The number of carboxylic acid groups (broad SMARTS) is 1. The Kier molecular flexibility index (Phi) is 6.76. The molecule has 1 heterocycles. The molecule has 0 saturated heterocycles. The maximum atomic E-state index is 10.7. The molecule has 0 fully saturated rings. The molecule has 0 amide bonds. The van der Waals surface area contributed by atoms with E-state index in [1.54, 1.807) is 14.2 Å². The van der Waals surface area contributed by atoms with E-state index in [9.17, 15) is 4.79 Å². The van der Waals surface area contributed by atoms with Crippen molar-refractivity contribution >= 4 is 11.9 Å². The number of nitrogens with zero attached hydrogens (tertiary/aromatic N) is 3. The van der Waals surface area contributed by atoms with Crippen molar-refractivity contribution in [2.45, 2.75) is 6.42 Å². The van der Waals surface area contributed by atoms with Gasteiger partial charge in [-0.2, -0.15) is 0 Å². The standard InChI is InChI=1S/C12H19N3O4/c1-18-6-3-4-15(5-7-19-2)12-13-8-10(9-14-12)11(16)17/h8-9H,3-7H2,1-2H3,(H,16,17). The number of carboxylic acids is 1. The van der Waals surface area contributed by atoms with Crippen LogP contribution in [0, 0.1) is 0 Å². The van der Waals surface area contributed by atoms with Crippen molar-refractivity contribution in [2.24, 2.45) is 0 Å². The third-order valence-electron chi connectivity index (χ3n) is 2.51. The highest BCUT2D eigenvalue weighted by atomic mass is 16.5. The summed E-state index contributed by atoms with van der Waals surface area (Å²) in [6.45, 7) is 2.57. The summed E-state index contributed by atoms with van der Waals surface area (Å²) in [5.74, 6) is -0.535. The summed E-state index contributed by atoms with van der Waals surface area (Å²) >= 11 is 0. The van der Waals surface area contributed by atoms with Gasteiger partial charge in [0.1, 0.15) is 0 Å². The van der Waals surface area contributed by atoms with E-state index in [-0.39, 0.29) is 5.56 Å². The Labute approximate surface area is 112 Å². The van der Waals surface area contributed by atoms with Gasteiger partial charge in [0, 0.05) is 46.3 Å². The van der Waals surface area contributed by atoms with Crippen LogP contribution in [0.5, 0.6) is 0 Å². The van der Waals surface area contributed by atoms with Crippen molar-refractivity contribution in [1.82, 2.24) is 9.97 Å². The number of aromatic nitrogens is 2. The van der Waals surface area contributed by atoms with Crippen molar-refractivity contribution in [3.05, 3.63) is 18.0 Å². The van der Waals surface area contributed by atoms with E-state index >= 15 is 0 Å². The molecule has 1 rings (SSSR count). The summed E-state index contributed by atoms with van der Waals surface area (Å²) in [5.41, 5.74) is 0.0762. The summed E-state index contributed by atoms with van der Waals surface area (Å²) in [7, 11) is 3.28. The average Bonchev–Trinajstić information content (AvgIpc) is 2.43. The van der Waals surface area contributed by atoms with Gasteiger partial charge < -0.3 is 19.5 Å². The highest BCUT2D eigenvalue weighted by molar-refractivity contribution is 5.86. The van der Waals surface area contributed by atoms with Gasteiger partial charge >= 0.3 is 5.97 Å². The van der Waals surface area contributed by atoms with Gasteiger partial charge in [0.25, 0.3) is 0 Å². The molecule has 0 aliphatic heterocycles. The van der Waals surface area contributed by atoms with Crippen LogP contribution in [0.4, 0.5) is 5.95 Å². The third kappa shape index (κ3) is 5.19. The first-order valence-corrected chi connectivity index (χ1v) is 5.97. The van der Waals surface area contributed by atoms with Crippen LogP contribution in [-0.2, 0) is 9.47 Å². The average molecular weight is 269 g/mol. The predicted octanol–water partition coefficient (Wildman–Crippen LogP) is 0.664. The molecule has 0 saturated carbocycles. The molecular weight excluding hydrogens is 250 g/mol. The van der Waals surface area contributed by atoms with E-state index in [0.717, 1.165) is 13.0 Å². The summed E-state index contributed by atoms with van der Waals surface area (Å²) in [5, 5.41) is 8.80. The lowest BCUT2D eigenvalue weighted by Gasteiger charge is -2.21. The van der Waals surface area contributed by atoms with Crippen LogP contribution < -0.4 is 4.90 Å². The minimum absolute atomic E-state index is 0.0762. The molecule has 19 heavy (non-hydrogen) atoms. The quantitative estimate of drug-likeness (QED) is 0.659.